The lowest BCUT2D eigenvalue weighted by molar-refractivity contribution is -0.132. The second kappa shape index (κ2) is 11.2. The van der Waals surface area contributed by atoms with Crippen LogP contribution in [0.4, 0.5) is 4.39 Å². The van der Waals surface area contributed by atoms with Gasteiger partial charge in [-0.05, 0) is 24.3 Å². The summed E-state index contributed by atoms with van der Waals surface area (Å²) in [7, 11) is 0. The van der Waals surface area contributed by atoms with E-state index in [1.165, 1.54) is 12.5 Å². The Bertz CT molecular complexity index is 519. The molecule has 1 rings (SSSR count). The van der Waals surface area contributed by atoms with Crippen LogP contribution in [0.2, 0.25) is 0 Å². The predicted molar refractivity (Wildman–Crippen MR) is 103 cm³/mol. The number of allylic oxidation sites excluding steroid dienone is 3. The van der Waals surface area contributed by atoms with E-state index in [9.17, 15) is 9.18 Å². The highest BCUT2D eigenvalue weighted by molar-refractivity contribution is 5.82. The van der Waals surface area contributed by atoms with Gasteiger partial charge in [-0.2, -0.15) is 0 Å². The molecule has 1 aliphatic rings. The summed E-state index contributed by atoms with van der Waals surface area (Å²) in [6, 6.07) is 0. The Kier molecular flexibility index (Phi) is 9.63. The van der Waals surface area contributed by atoms with Crippen molar-refractivity contribution < 1.29 is 18.7 Å². The molecular formula is C21H34FNO3. The highest BCUT2D eigenvalue weighted by atomic mass is 19.1. The van der Waals surface area contributed by atoms with Crippen LogP contribution in [0.15, 0.2) is 36.4 Å². The number of halogens is 1. The molecule has 0 aliphatic heterocycles. The summed E-state index contributed by atoms with van der Waals surface area (Å²) in [5.74, 6) is 0.103. The van der Waals surface area contributed by atoms with E-state index < -0.39 is 5.83 Å². The van der Waals surface area contributed by atoms with E-state index in [0.717, 1.165) is 31.3 Å². The van der Waals surface area contributed by atoms with Gasteiger partial charge in [0.2, 0.25) is 5.91 Å². The summed E-state index contributed by atoms with van der Waals surface area (Å²) in [5, 5.41) is 2.96. The van der Waals surface area contributed by atoms with E-state index in [0.29, 0.717) is 25.5 Å². The highest BCUT2D eigenvalue weighted by Gasteiger charge is 2.33. The average Bonchev–Trinajstić information content (AvgIpc) is 2.59. The van der Waals surface area contributed by atoms with E-state index in [1.54, 1.807) is 0 Å². The van der Waals surface area contributed by atoms with Crippen LogP contribution in [0, 0.1) is 11.3 Å². The molecule has 1 fully saturated rings. The van der Waals surface area contributed by atoms with Gasteiger partial charge in [-0.1, -0.05) is 53.2 Å². The number of carbonyl (C=O) groups is 1. The lowest BCUT2D eigenvalue weighted by Crippen LogP contribution is -2.41. The van der Waals surface area contributed by atoms with Crippen LogP contribution >= 0.6 is 0 Å². The molecular weight excluding hydrogens is 333 g/mol. The summed E-state index contributed by atoms with van der Waals surface area (Å²) >= 11 is 0. The maximum atomic E-state index is 13.0. The van der Waals surface area contributed by atoms with E-state index >= 15 is 0 Å². The van der Waals surface area contributed by atoms with Crippen LogP contribution in [0.25, 0.3) is 0 Å². The molecule has 1 amide bonds. The van der Waals surface area contributed by atoms with Crippen molar-refractivity contribution >= 4 is 5.91 Å². The van der Waals surface area contributed by atoms with E-state index in [2.05, 4.69) is 18.5 Å². The fraction of sp³-hybridized carbons (Fsp3) is 0.667. The lowest BCUT2D eigenvalue weighted by atomic mass is 9.75. The lowest BCUT2D eigenvalue weighted by Gasteiger charge is -2.32. The molecule has 0 radical (unpaired) electrons. The van der Waals surface area contributed by atoms with Crippen molar-refractivity contribution in [1.82, 2.24) is 5.32 Å². The molecule has 1 saturated carbocycles. The minimum absolute atomic E-state index is 0.122. The normalized spacial score (nSPS) is 17.0. The number of amides is 1. The molecule has 0 unspecified atom stereocenters. The van der Waals surface area contributed by atoms with E-state index in [-0.39, 0.29) is 23.8 Å². The third-order valence-corrected chi connectivity index (χ3v) is 4.82. The van der Waals surface area contributed by atoms with E-state index in [1.807, 2.05) is 20.8 Å². The maximum absolute atomic E-state index is 13.0. The zero-order valence-corrected chi connectivity index (χ0v) is 16.5. The third kappa shape index (κ3) is 7.73. The van der Waals surface area contributed by atoms with Gasteiger partial charge in [0, 0.05) is 18.0 Å². The molecule has 0 saturated heterocycles. The van der Waals surface area contributed by atoms with Gasteiger partial charge in [0.05, 0.1) is 13.2 Å². The Labute approximate surface area is 157 Å². The van der Waals surface area contributed by atoms with Crippen LogP contribution in [-0.2, 0) is 14.3 Å². The van der Waals surface area contributed by atoms with Crippen LogP contribution < -0.4 is 5.32 Å². The largest absolute Gasteiger partial charge is 0.491 e. The molecule has 148 valence electrons. The molecule has 26 heavy (non-hydrogen) atoms. The SMILES string of the molecule is C=C(F)/C=C(/OCCOCCNC(=O)C1(C)CCCCC1)C(=C)C(C)C. The van der Waals surface area contributed by atoms with Crippen molar-refractivity contribution in [3.05, 3.63) is 36.4 Å². The molecule has 5 heteroatoms. The molecule has 0 spiro atoms. The fourth-order valence-electron chi connectivity index (χ4n) is 2.98. The minimum Gasteiger partial charge on any atom is -0.491 e. The van der Waals surface area contributed by atoms with Crippen molar-refractivity contribution in [3.63, 3.8) is 0 Å². The van der Waals surface area contributed by atoms with Gasteiger partial charge in [-0.25, -0.2) is 4.39 Å². The van der Waals surface area contributed by atoms with Crippen LogP contribution in [0.3, 0.4) is 0 Å². The molecule has 0 atom stereocenters. The standard InChI is InChI=1S/C21H34FNO3/c1-16(2)18(4)19(15-17(3)22)26-14-13-25-12-11-23-20(24)21(5)9-7-6-8-10-21/h15-16H,3-4,6-14H2,1-2,5H3,(H,23,24)/b19-15+. The summed E-state index contributed by atoms with van der Waals surface area (Å²) in [5.41, 5.74) is 0.490. The molecule has 0 aromatic heterocycles. The number of carbonyl (C=O) groups excluding carboxylic acids is 1. The Hall–Kier alpha value is -1.62. The number of rotatable bonds is 11. The first kappa shape index (κ1) is 22.4. The first-order chi connectivity index (χ1) is 12.3. The van der Waals surface area contributed by atoms with Gasteiger partial charge in [0.15, 0.2) is 0 Å². The van der Waals surface area contributed by atoms with Gasteiger partial charge in [0.25, 0.3) is 0 Å². The molecule has 0 aromatic rings. The Balaban J connectivity index is 2.22. The van der Waals surface area contributed by atoms with Crippen molar-refractivity contribution in [3.8, 4) is 0 Å². The van der Waals surface area contributed by atoms with Crippen molar-refractivity contribution in [2.24, 2.45) is 11.3 Å². The Morgan fingerprint density at radius 2 is 1.85 bits per heavy atom. The number of hydrogen-bond donors (Lipinski definition) is 1. The zero-order valence-electron chi connectivity index (χ0n) is 16.5. The number of ether oxygens (including phenoxy) is 2. The maximum Gasteiger partial charge on any atom is 0.226 e. The number of nitrogens with one attached hydrogen (secondary N) is 1. The topological polar surface area (TPSA) is 47.6 Å². The first-order valence-corrected chi connectivity index (χ1v) is 9.50. The van der Waals surface area contributed by atoms with Gasteiger partial charge in [-0.3, -0.25) is 4.79 Å². The summed E-state index contributed by atoms with van der Waals surface area (Å²) in [6.45, 7) is 14.7. The highest BCUT2D eigenvalue weighted by Crippen LogP contribution is 2.35. The molecule has 0 aromatic carbocycles. The predicted octanol–water partition coefficient (Wildman–Crippen LogP) is 4.69. The zero-order chi connectivity index (χ0) is 19.6. The summed E-state index contributed by atoms with van der Waals surface area (Å²) in [6.07, 6.45) is 6.64. The smallest absolute Gasteiger partial charge is 0.226 e. The summed E-state index contributed by atoms with van der Waals surface area (Å²) in [4.78, 5) is 12.3. The Morgan fingerprint density at radius 1 is 1.19 bits per heavy atom. The van der Waals surface area contributed by atoms with Gasteiger partial charge >= 0.3 is 0 Å². The van der Waals surface area contributed by atoms with Crippen LogP contribution in [-0.4, -0.2) is 32.3 Å². The monoisotopic (exact) mass is 367 g/mol. The molecule has 0 bridgehead atoms. The molecule has 1 N–H and O–H groups in total. The minimum atomic E-state index is -0.568. The Morgan fingerprint density at radius 3 is 2.42 bits per heavy atom. The van der Waals surface area contributed by atoms with Crippen molar-refractivity contribution in [2.75, 3.05) is 26.4 Å². The number of hydrogen-bond acceptors (Lipinski definition) is 3. The van der Waals surface area contributed by atoms with E-state index in [4.69, 9.17) is 9.47 Å². The van der Waals surface area contributed by atoms with Gasteiger partial charge in [0.1, 0.15) is 18.2 Å². The van der Waals surface area contributed by atoms with Crippen molar-refractivity contribution in [2.45, 2.75) is 52.9 Å². The van der Waals surface area contributed by atoms with Gasteiger partial charge < -0.3 is 14.8 Å². The fourth-order valence-corrected chi connectivity index (χ4v) is 2.98. The average molecular weight is 368 g/mol. The van der Waals surface area contributed by atoms with Gasteiger partial charge in [-0.15, -0.1) is 0 Å². The molecule has 1 aliphatic carbocycles. The second-order valence-electron chi connectivity index (χ2n) is 7.47. The summed E-state index contributed by atoms with van der Waals surface area (Å²) < 4.78 is 24.1. The second-order valence-corrected chi connectivity index (χ2v) is 7.47. The first-order valence-electron chi connectivity index (χ1n) is 9.50. The molecule has 0 heterocycles. The van der Waals surface area contributed by atoms with Crippen LogP contribution in [0.5, 0.6) is 0 Å². The third-order valence-electron chi connectivity index (χ3n) is 4.82. The van der Waals surface area contributed by atoms with Crippen molar-refractivity contribution in [1.29, 1.82) is 0 Å². The quantitative estimate of drug-likeness (QED) is 0.327. The molecule has 4 nitrogen and oxygen atoms in total. The van der Waals surface area contributed by atoms with Crippen LogP contribution in [0.1, 0.15) is 52.9 Å².